The molecule has 1 fully saturated rings. The van der Waals surface area contributed by atoms with Crippen molar-refractivity contribution >= 4 is 29.1 Å². The van der Waals surface area contributed by atoms with Gasteiger partial charge < -0.3 is 10.2 Å². The van der Waals surface area contributed by atoms with Crippen LogP contribution in [0.2, 0.25) is 0 Å². The van der Waals surface area contributed by atoms with E-state index < -0.39 is 11.8 Å². The Labute approximate surface area is 233 Å². The average Bonchev–Trinajstić information content (AvgIpc) is 3.60. The quantitative estimate of drug-likeness (QED) is 0.291. The Morgan fingerprint density at radius 2 is 1.77 bits per heavy atom. The van der Waals surface area contributed by atoms with Crippen molar-refractivity contribution in [2.45, 2.75) is 45.1 Å². The van der Waals surface area contributed by atoms with E-state index in [4.69, 9.17) is 0 Å². The molecule has 1 aliphatic carbocycles. The smallest absolute Gasteiger partial charge is 0.295 e. The maximum absolute atomic E-state index is 13.5. The molecule has 1 saturated carbocycles. The molecule has 208 valence electrons. The fourth-order valence-corrected chi connectivity index (χ4v) is 4.95. The zero-order valence-corrected chi connectivity index (χ0v) is 23.2. The van der Waals surface area contributed by atoms with Gasteiger partial charge in [-0.15, -0.1) is 13.2 Å². The van der Waals surface area contributed by atoms with Gasteiger partial charge in [0.25, 0.3) is 17.7 Å². The van der Waals surface area contributed by atoms with Gasteiger partial charge in [-0.05, 0) is 43.5 Å². The number of hydrogen-bond donors (Lipinski definition) is 2. The second-order valence-electron chi connectivity index (χ2n) is 10.1. The summed E-state index contributed by atoms with van der Waals surface area (Å²) in [6, 6.07) is 8.38. The van der Waals surface area contributed by atoms with Crippen molar-refractivity contribution in [3.8, 4) is 11.1 Å². The Kier molecular flexibility index (Phi) is 8.88. The molecule has 40 heavy (non-hydrogen) atoms. The summed E-state index contributed by atoms with van der Waals surface area (Å²) >= 11 is 0. The summed E-state index contributed by atoms with van der Waals surface area (Å²) in [5.74, 6) is -1.27. The van der Waals surface area contributed by atoms with Crippen LogP contribution in [-0.4, -0.2) is 62.4 Å². The van der Waals surface area contributed by atoms with Gasteiger partial charge in [-0.3, -0.25) is 19.5 Å². The second-order valence-corrected chi connectivity index (χ2v) is 10.1. The molecule has 0 unspecified atom stereocenters. The first-order valence-electron chi connectivity index (χ1n) is 13.3. The predicted octanol–water partition coefficient (Wildman–Crippen LogP) is 5.00. The minimum atomic E-state index is -0.536. The number of H-pyrrole nitrogens is 1. The lowest BCUT2D eigenvalue weighted by Crippen LogP contribution is -2.32. The van der Waals surface area contributed by atoms with Crippen molar-refractivity contribution in [1.29, 1.82) is 0 Å². The first kappa shape index (κ1) is 28.4. The van der Waals surface area contributed by atoms with Crippen LogP contribution in [0.3, 0.4) is 0 Å². The van der Waals surface area contributed by atoms with Crippen molar-refractivity contribution in [2.24, 2.45) is 10.9 Å². The molecule has 10 heteroatoms. The maximum atomic E-state index is 13.5. The van der Waals surface area contributed by atoms with Gasteiger partial charge in [0.1, 0.15) is 11.4 Å². The lowest BCUT2D eigenvalue weighted by molar-refractivity contribution is -0.110. The van der Waals surface area contributed by atoms with Crippen molar-refractivity contribution < 1.29 is 14.4 Å². The molecule has 0 atom stereocenters. The number of carbonyl (C=O) groups excluding carboxylic acids is 3. The summed E-state index contributed by atoms with van der Waals surface area (Å²) in [4.78, 5) is 45.2. The number of aliphatic imine (C=N–C) groups is 1. The van der Waals surface area contributed by atoms with Crippen molar-refractivity contribution in [1.82, 2.24) is 24.9 Å². The molecule has 1 aromatic carbocycles. The molecule has 3 aromatic rings. The zero-order chi connectivity index (χ0) is 28.8. The molecule has 0 radical (unpaired) electrons. The minimum absolute atomic E-state index is 0.115. The second kappa shape index (κ2) is 12.5. The molecular formula is C30H35N7O3. The minimum Gasteiger partial charge on any atom is -0.343 e. The molecule has 4 rings (SSSR count). The highest BCUT2D eigenvalue weighted by molar-refractivity contribution is 6.45. The van der Waals surface area contributed by atoms with Gasteiger partial charge in [-0.1, -0.05) is 43.5 Å². The third-order valence-corrected chi connectivity index (χ3v) is 7.09. The molecule has 3 amide bonds. The van der Waals surface area contributed by atoms with Crippen LogP contribution in [0.4, 0.5) is 5.69 Å². The number of allylic oxidation sites excluding steroid dienone is 2. The van der Waals surface area contributed by atoms with Crippen LogP contribution >= 0.6 is 0 Å². The highest BCUT2D eigenvalue weighted by atomic mass is 16.2. The normalized spacial score (nSPS) is 14.2. The standard InChI is InChI=1S/C30H35N7O3/c1-6-23(7-2)37-24(17-18-31-37)28(38)33-26(21-11-9-8-10-12-21)29(39)32-22-15-13-20(14-16-22)25-19(3)34-35-27(25)30(40)36(4)5/h6-7,13-18,21,23H,1-2,8-12H2,3-5H3,(H,32,39)(H,34,35). The number of rotatable bonds is 9. The van der Waals surface area contributed by atoms with Gasteiger partial charge >= 0.3 is 0 Å². The Hall–Kier alpha value is -4.60. The maximum Gasteiger partial charge on any atom is 0.295 e. The summed E-state index contributed by atoms with van der Waals surface area (Å²) in [5, 5.41) is 14.2. The molecule has 2 heterocycles. The number of anilines is 1. The first-order valence-corrected chi connectivity index (χ1v) is 13.3. The van der Waals surface area contributed by atoms with E-state index in [0.717, 1.165) is 43.4 Å². The van der Waals surface area contributed by atoms with Crippen LogP contribution in [0.15, 0.2) is 66.8 Å². The van der Waals surface area contributed by atoms with Crippen LogP contribution in [0.25, 0.3) is 11.1 Å². The van der Waals surface area contributed by atoms with Crippen molar-refractivity contribution in [2.75, 3.05) is 19.4 Å². The zero-order valence-electron chi connectivity index (χ0n) is 23.2. The monoisotopic (exact) mass is 541 g/mol. The number of nitrogens with zero attached hydrogens (tertiary/aromatic N) is 5. The van der Waals surface area contributed by atoms with Crippen molar-refractivity contribution in [3.63, 3.8) is 0 Å². The van der Waals surface area contributed by atoms with Gasteiger partial charge in [0.15, 0.2) is 5.69 Å². The van der Waals surface area contributed by atoms with Crippen LogP contribution in [0, 0.1) is 12.8 Å². The number of aryl methyl sites for hydroxylation is 1. The number of carbonyl (C=O) groups is 3. The molecule has 0 saturated heterocycles. The van der Waals surface area contributed by atoms with E-state index in [9.17, 15) is 14.4 Å². The molecular weight excluding hydrogens is 506 g/mol. The van der Waals surface area contributed by atoms with Gasteiger partial charge in [-0.25, -0.2) is 9.67 Å². The Morgan fingerprint density at radius 3 is 2.40 bits per heavy atom. The van der Waals surface area contributed by atoms with Gasteiger partial charge in [-0.2, -0.15) is 10.2 Å². The molecule has 2 aromatic heterocycles. The number of aromatic amines is 1. The Morgan fingerprint density at radius 1 is 1.10 bits per heavy atom. The Balaban J connectivity index is 1.60. The summed E-state index contributed by atoms with van der Waals surface area (Å²) in [6.45, 7) is 9.41. The highest BCUT2D eigenvalue weighted by Crippen LogP contribution is 2.29. The van der Waals surface area contributed by atoms with E-state index in [1.807, 2.05) is 19.1 Å². The van der Waals surface area contributed by atoms with Crippen LogP contribution in [-0.2, 0) is 4.79 Å². The third kappa shape index (κ3) is 6.01. The van der Waals surface area contributed by atoms with Crippen LogP contribution in [0.5, 0.6) is 0 Å². The van der Waals surface area contributed by atoms with E-state index in [1.54, 1.807) is 44.4 Å². The topological polar surface area (TPSA) is 125 Å². The molecule has 0 bridgehead atoms. The van der Waals surface area contributed by atoms with E-state index >= 15 is 0 Å². The number of benzene rings is 1. The predicted molar refractivity (Wildman–Crippen MR) is 155 cm³/mol. The number of amides is 3. The van der Waals surface area contributed by atoms with Crippen molar-refractivity contribution in [3.05, 3.63) is 78.9 Å². The molecule has 10 nitrogen and oxygen atoms in total. The number of nitrogens with one attached hydrogen (secondary N) is 2. The average molecular weight is 542 g/mol. The summed E-state index contributed by atoms with van der Waals surface area (Å²) in [5.41, 5.74) is 3.63. The summed E-state index contributed by atoms with van der Waals surface area (Å²) in [6.07, 6.45) is 9.41. The summed E-state index contributed by atoms with van der Waals surface area (Å²) < 4.78 is 1.49. The lowest BCUT2D eigenvalue weighted by atomic mass is 9.85. The van der Waals surface area contributed by atoms with E-state index in [2.05, 4.69) is 38.8 Å². The highest BCUT2D eigenvalue weighted by Gasteiger charge is 2.28. The number of hydrogen-bond acceptors (Lipinski definition) is 5. The fourth-order valence-electron chi connectivity index (χ4n) is 4.95. The van der Waals surface area contributed by atoms with Crippen LogP contribution < -0.4 is 5.32 Å². The lowest BCUT2D eigenvalue weighted by Gasteiger charge is -2.23. The third-order valence-electron chi connectivity index (χ3n) is 7.09. The van der Waals surface area contributed by atoms with E-state index in [0.29, 0.717) is 16.9 Å². The molecule has 0 spiro atoms. The fraction of sp³-hybridized carbons (Fsp3) is 0.333. The molecule has 2 N–H and O–H groups in total. The van der Waals surface area contributed by atoms with E-state index in [1.165, 1.54) is 15.8 Å². The summed E-state index contributed by atoms with van der Waals surface area (Å²) in [7, 11) is 3.35. The molecule has 0 aliphatic heterocycles. The molecule has 1 aliphatic rings. The van der Waals surface area contributed by atoms with Gasteiger partial charge in [0, 0.05) is 43.2 Å². The van der Waals surface area contributed by atoms with Gasteiger partial charge in [0.05, 0.1) is 6.04 Å². The number of aromatic nitrogens is 4. The van der Waals surface area contributed by atoms with Gasteiger partial charge in [0.2, 0.25) is 0 Å². The first-order chi connectivity index (χ1) is 19.2. The van der Waals surface area contributed by atoms with Crippen LogP contribution in [0.1, 0.15) is 64.8 Å². The SMILES string of the molecule is C=CC(C=C)n1nccc1C(=O)N=C(C(=O)Nc1ccc(-c2c(C(=O)N(C)C)n[nH]c2C)cc1)C1CCCCC1. The van der Waals surface area contributed by atoms with E-state index in [-0.39, 0.29) is 29.3 Å². The largest absolute Gasteiger partial charge is 0.343 e. The Bertz CT molecular complexity index is 1430.